The van der Waals surface area contributed by atoms with E-state index in [1.807, 2.05) is 29.2 Å². The van der Waals surface area contributed by atoms with Crippen molar-refractivity contribution in [3.63, 3.8) is 0 Å². The van der Waals surface area contributed by atoms with Crippen LogP contribution in [0, 0.1) is 0 Å². The van der Waals surface area contributed by atoms with Gasteiger partial charge in [-0.25, -0.2) is 0 Å². The minimum Gasteiger partial charge on any atom is -0.383 e. The number of nitrogens with zero attached hydrogens (tertiary/aromatic N) is 1. The van der Waals surface area contributed by atoms with Crippen molar-refractivity contribution in [1.82, 2.24) is 0 Å². The summed E-state index contributed by atoms with van der Waals surface area (Å²) in [7, 11) is 0. The summed E-state index contributed by atoms with van der Waals surface area (Å²) in [5, 5.41) is 3.42. The van der Waals surface area contributed by atoms with Crippen LogP contribution in [0.15, 0.2) is 24.3 Å². The second kappa shape index (κ2) is 5.21. The van der Waals surface area contributed by atoms with Gasteiger partial charge < -0.3 is 10.2 Å². The summed E-state index contributed by atoms with van der Waals surface area (Å²) < 4.78 is 0. The highest BCUT2D eigenvalue weighted by Gasteiger charge is 2.21. The summed E-state index contributed by atoms with van der Waals surface area (Å²) >= 11 is 0. The van der Waals surface area contributed by atoms with Crippen LogP contribution in [0.5, 0.6) is 0 Å². The molecule has 1 atom stereocenters. The van der Waals surface area contributed by atoms with Crippen LogP contribution in [0.25, 0.3) is 0 Å². The quantitative estimate of drug-likeness (QED) is 0.865. The highest BCUT2D eigenvalue weighted by atomic mass is 16.2. The third-order valence-corrected chi connectivity index (χ3v) is 3.28. The van der Waals surface area contributed by atoms with Crippen LogP contribution in [0.1, 0.15) is 33.1 Å². The smallest absolute Gasteiger partial charge is 0.227 e. The predicted octanol–water partition coefficient (Wildman–Crippen LogP) is 3.02. The monoisotopic (exact) mass is 232 g/mol. The number of hydrogen-bond acceptors (Lipinski definition) is 2. The van der Waals surface area contributed by atoms with Gasteiger partial charge in [-0.3, -0.25) is 4.79 Å². The van der Waals surface area contributed by atoms with Gasteiger partial charge in [-0.05, 0) is 44.0 Å². The molecule has 3 heteroatoms. The normalized spacial score (nSPS) is 17.3. The molecule has 1 aliphatic rings. The molecule has 1 heterocycles. The van der Waals surface area contributed by atoms with Gasteiger partial charge in [-0.1, -0.05) is 6.92 Å². The molecule has 0 aliphatic carbocycles. The molecule has 0 bridgehead atoms. The maximum Gasteiger partial charge on any atom is 0.227 e. The number of carbonyl (C=O) groups excluding carboxylic acids is 1. The first kappa shape index (κ1) is 12.0. The molecule has 0 saturated carbocycles. The lowest BCUT2D eigenvalue weighted by Gasteiger charge is -2.17. The molecule has 2 rings (SSSR count). The van der Waals surface area contributed by atoms with Crippen molar-refractivity contribution in [2.45, 2.75) is 39.2 Å². The summed E-state index contributed by atoms with van der Waals surface area (Å²) in [4.78, 5) is 13.5. The molecule has 3 nitrogen and oxygen atoms in total. The second-order valence-corrected chi connectivity index (χ2v) is 4.65. The minimum atomic E-state index is 0.243. The Morgan fingerprint density at radius 3 is 2.59 bits per heavy atom. The lowest BCUT2D eigenvalue weighted by Crippen LogP contribution is -2.23. The molecule has 1 aromatic carbocycles. The Morgan fingerprint density at radius 1 is 1.35 bits per heavy atom. The fourth-order valence-corrected chi connectivity index (χ4v) is 2.05. The number of rotatable bonds is 4. The first-order valence-electron chi connectivity index (χ1n) is 6.37. The van der Waals surface area contributed by atoms with Gasteiger partial charge in [-0.15, -0.1) is 0 Å². The second-order valence-electron chi connectivity index (χ2n) is 4.65. The molecule has 0 radical (unpaired) electrons. The van der Waals surface area contributed by atoms with Crippen LogP contribution in [0.2, 0.25) is 0 Å². The van der Waals surface area contributed by atoms with Crippen LogP contribution in [0.3, 0.4) is 0 Å². The fraction of sp³-hybridized carbons (Fsp3) is 0.500. The molecule has 92 valence electrons. The van der Waals surface area contributed by atoms with Crippen LogP contribution < -0.4 is 10.2 Å². The van der Waals surface area contributed by atoms with Gasteiger partial charge in [0.1, 0.15) is 0 Å². The van der Waals surface area contributed by atoms with Crippen molar-refractivity contribution in [2.24, 2.45) is 0 Å². The van der Waals surface area contributed by atoms with Crippen molar-refractivity contribution in [2.75, 3.05) is 16.8 Å². The average Bonchev–Trinajstić information content (AvgIpc) is 2.76. The van der Waals surface area contributed by atoms with E-state index in [1.54, 1.807) is 0 Å². The Bertz CT molecular complexity index is 386. The molecule has 1 fully saturated rings. The van der Waals surface area contributed by atoms with E-state index in [4.69, 9.17) is 0 Å². The zero-order chi connectivity index (χ0) is 12.3. The number of carbonyl (C=O) groups is 1. The molecule has 1 amide bonds. The topological polar surface area (TPSA) is 32.3 Å². The fourth-order valence-electron chi connectivity index (χ4n) is 2.05. The largest absolute Gasteiger partial charge is 0.383 e. The number of nitrogens with one attached hydrogen (secondary N) is 1. The van der Waals surface area contributed by atoms with Crippen molar-refractivity contribution >= 4 is 17.3 Å². The minimum absolute atomic E-state index is 0.243. The molecule has 1 N–H and O–H groups in total. The molecular formula is C14H20N2O. The molecule has 0 spiro atoms. The van der Waals surface area contributed by atoms with Crippen molar-refractivity contribution in [1.29, 1.82) is 0 Å². The third kappa shape index (κ3) is 2.78. The zero-order valence-corrected chi connectivity index (χ0v) is 10.6. The lowest BCUT2D eigenvalue weighted by atomic mass is 10.2. The van der Waals surface area contributed by atoms with E-state index in [1.165, 1.54) is 0 Å². The van der Waals surface area contributed by atoms with Crippen LogP contribution >= 0.6 is 0 Å². The van der Waals surface area contributed by atoms with Gasteiger partial charge in [0.05, 0.1) is 0 Å². The van der Waals surface area contributed by atoms with Crippen LogP contribution in [0.4, 0.5) is 11.4 Å². The number of benzene rings is 1. The standard InChI is InChI=1S/C14H20N2O/c1-3-11(2)15-12-6-8-13(9-7-12)16-10-4-5-14(16)17/h6-9,11,15H,3-5,10H2,1-2H3. The molecule has 1 aromatic rings. The molecular weight excluding hydrogens is 212 g/mol. The van der Waals surface area contributed by atoms with Gasteiger partial charge in [-0.2, -0.15) is 0 Å². The maximum absolute atomic E-state index is 11.6. The van der Waals surface area contributed by atoms with E-state index in [0.717, 1.165) is 30.8 Å². The van der Waals surface area contributed by atoms with Crippen molar-refractivity contribution in [3.05, 3.63) is 24.3 Å². The van der Waals surface area contributed by atoms with Gasteiger partial charge in [0.15, 0.2) is 0 Å². The highest BCUT2D eigenvalue weighted by Crippen LogP contribution is 2.23. The molecule has 1 saturated heterocycles. The Kier molecular flexibility index (Phi) is 3.67. The van der Waals surface area contributed by atoms with E-state index in [9.17, 15) is 4.79 Å². The summed E-state index contributed by atoms with van der Waals surface area (Å²) in [6.07, 6.45) is 2.77. The SMILES string of the molecule is CCC(C)Nc1ccc(N2CCCC2=O)cc1. The van der Waals surface area contributed by atoms with Gasteiger partial charge in [0.25, 0.3) is 0 Å². The summed E-state index contributed by atoms with van der Waals surface area (Å²) in [6, 6.07) is 8.62. The Labute approximate surface area is 103 Å². The first-order valence-corrected chi connectivity index (χ1v) is 6.37. The molecule has 1 aliphatic heterocycles. The van der Waals surface area contributed by atoms with Crippen molar-refractivity contribution < 1.29 is 4.79 Å². The van der Waals surface area contributed by atoms with E-state index in [0.29, 0.717) is 12.5 Å². The Morgan fingerprint density at radius 2 is 2.06 bits per heavy atom. The van der Waals surface area contributed by atoms with Crippen LogP contribution in [-0.2, 0) is 4.79 Å². The van der Waals surface area contributed by atoms with Crippen LogP contribution in [-0.4, -0.2) is 18.5 Å². The highest BCUT2D eigenvalue weighted by molar-refractivity contribution is 5.95. The van der Waals surface area contributed by atoms with E-state index in [-0.39, 0.29) is 5.91 Å². The molecule has 0 aromatic heterocycles. The van der Waals surface area contributed by atoms with Gasteiger partial charge >= 0.3 is 0 Å². The third-order valence-electron chi connectivity index (χ3n) is 3.28. The zero-order valence-electron chi connectivity index (χ0n) is 10.6. The van der Waals surface area contributed by atoms with Gasteiger partial charge in [0.2, 0.25) is 5.91 Å². The van der Waals surface area contributed by atoms with E-state index >= 15 is 0 Å². The van der Waals surface area contributed by atoms with E-state index in [2.05, 4.69) is 19.2 Å². The average molecular weight is 232 g/mol. The maximum atomic E-state index is 11.6. The van der Waals surface area contributed by atoms with E-state index < -0.39 is 0 Å². The predicted molar refractivity (Wildman–Crippen MR) is 71.4 cm³/mol. The number of amides is 1. The van der Waals surface area contributed by atoms with Crippen molar-refractivity contribution in [3.8, 4) is 0 Å². The lowest BCUT2D eigenvalue weighted by molar-refractivity contribution is -0.117. The molecule has 17 heavy (non-hydrogen) atoms. The van der Waals surface area contributed by atoms with Gasteiger partial charge in [0, 0.05) is 30.4 Å². The Balaban J connectivity index is 2.05. The molecule has 1 unspecified atom stereocenters. The Hall–Kier alpha value is -1.51. The number of anilines is 2. The number of hydrogen-bond donors (Lipinski definition) is 1. The summed E-state index contributed by atoms with van der Waals surface area (Å²) in [5.74, 6) is 0.243. The first-order chi connectivity index (χ1) is 8.20. The summed E-state index contributed by atoms with van der Waals surface area (Å²) in [5.41, 5.74) is 2.14. The summed E-state index contributed by atoms with van der Waals surface area (Å²) in [6.45, 7) is 5.18.